The zero-order chi connectivity index (χ0) is 12.3. The Kier molecular flexibility index (Phi) is 11.5. The number of thioether (sulfide) groups is 1. The molecule has 2 rings (SSSR count). The first kappa shape index (κ1) is 22.6. The second-order valence-corrected chi connectivity index (χ2v) is 6.06. The molecule has 0 saturated heterocycles. The molecule has 1 aliphatic rings. The quantitative estimate of drug-likeness (QED) is 0.367. The molecule has 1 aromatic rings. The Morgan fingerprint density at radius 1 is 1.20 bits per heavy atom. The van der Waals surface area contributed by atoms with Crippen LogP contribution in [0.3, 0.4) is 0 Å². The summed E-state index contributed by atoms with van der Waals surface area (Å²) in [6.45, 7) is 6.79. The minimum atomic E-state index is 0. The molecule has 107 valence electrons. The third-order valence-electron chi connectivity index (χ3n) is 3.23. The van der Waals surface area contributed by atoms with Crippen LogP contribution < -0.4 is 24.8 Å². The third kappa shape index (κ3) is 4.96. The minimum absolute atomic E-state index is 0. The molecule has 1 aromatic carbocycles. The summed E-state index contributed by atoms with van der Waals surface area (Å²) in [6, 6.07) is 8.74. The molecular formula is C16H19Cl2STi. The first-order chi connectivity index (χ1) is 8.16. The van der Waals surface area contributed by atoms with Crippen molar-refractivity contribution in [3.63, 3.8) is 0 Å². The van der Waals surface area contributed by atoms with Crippen molar-refractivity contribution in [2.45, 2.75) is 37.5 Å². The van der Waals surface area contributed by atoms with Gasteiger partial charge in [0.15, 0.2) is 0 Å². The molecule has 0 fully saturated rings. The smallest absolute Gasteiger partial charge is 1.00 e. The van der Waals surface area contributed by atoms with Crippen molar-refractivity contribution in [3.05, 3.63) is 53.6 Å². The Morgan fingerprint density at radius 3 is 2.40 bits per heavy atom. The van der Waals surface area contributed by atoms with Crippen LogP contribution in [-0.4, -0.2) is 5.75 Å². The van der Waals surface area contributed by atoms with E-state index >= 15 is 0 Å². The van der Waals surface area contributed by atoms with Crippen LogP contribution >= 0.6 is 11.8 Å². The van der Waals surface area contributed by atoms with Crippen molar-refractivity contribution in [1.29, 1.82) is 0 Å². The molecule has 0 N–H and O–H groups in total. The zero-order valence-corrected chi connectivity index (χ0v) is 15.9. The fourth-order valence-corrected chi connectivity index (χ4v) is 3.21. The molecule has 1 radical (unpaired) electrons. The van der Waals surface area contributed by atoms with Crippen molar-refractivity contribution in [2.75, 3.05) is 5.75 Å². The number of benzene rings is 1. The van der Waals surface area contributed by atoms with Gasteiger partial charge in [0.25, 0.3) is 0 Å². The fraction of sp³-hybridized carbons (Fsp3) is 0.375. The van der Waals surface area contributed by atoms with Gasteiger partial charge in [-0.2, -0.15) is 6.08 Å². The monoisotopic (exact) mass is 361 g/mol. The molecule has 0 bridgehead atoms. The molecule has 4 heteroatoms. The van der Waals surface area contributed by atoms with Crippen LogP contribution in [0.2, 0.25) is 0 Å². The van der Waals surface area contributed by atoms with Crippen molar-refractivity contribution >= 4 is 11.8 Å². The van der Waals surface area contributed by atoms with Gasteiger partial charge in [-0.05, 0) is 22.8 Å². The topological polar surface area (TPSA) is 0 Å². The number of hydrogen-bond donors (Lipinski definition) is 0. The predicted octanol–water partition coefficient (Wildman–Crippen LogP) is -1.23. The molecule has 0 amide bonds. The Labute approximate surface area is 154 Å². The van der Waals surface area contributed by atoms with Gasteiger partial charge < -0.3 is 24.8 Å². The molecule has 0 saturated carbocycles. The van der Waals surface area contributed by atoms with Gasteiger partial charge in [0.2, 0.25) is 0 Å². The molecular weight excluding hydrogens is 343 g/mol. The number of halogens is 2. The Morgan fingerprint density at radius 2 is 1.85 bits per heavy atom. The first-order valence-corrected chi connectivity index (χ1v) is 7.15. The van der Waals surface area contributed by atoms with Gasteiger partial charge in [0, 0.05) is 4.90 Å². The van der Waals surface area contributed by atoms with E-state index in [0.717, 1.165) is 12.2 Å². The molecule has 20 heavy (non-hydrogen) atoms. The van der Waals surface area contributed by atoms with Crippen LogP contribution in [0.15, 0.2) is 46.9 Å². The summed E-state index contributed by atoms with van der Waals surface area (Å²) in [5.74, 6) is 1.12. The number of hydrogen-bond acceptors (Lipinski definition) is 1. The van der Waals surface area contributed by atoms with E-state index in [4.69, 9.17) is 0 Å². The molecule has 0 aromatic heterocycles. The van der Waals surface area contributed by atoms with E-state index in [1.807, 2.05) is 11.8 Å². The SMILES string of the molecule is CCSc1ccccc1C(C)(C)C1=[C-]CC=C1.[Cl-].[Cl-].[Ti+3]. The van der Waals surface area contributed by atoms with Crippen molar-refractivity contribution in [1.82, 2.24) is 0 Å². The van der Waals surface area contributed by atoms with Gasteiger partial charge in [-0.3, -0.25) is 6.08 Å². The average molecular weight is 362 g/mol. The molecule has 0 aliphatic heterocycles. The van der Waals surface area contributed by atoms with Crippen LogP contribution in [0, 0.1) is 6.08 Å². The van der Waals surface area contributed by atoms with E-state index in [1.165, 1.54) is 16.0 Å². The maximum absolute atomic E-state index is 3.46. The van der Waals surface area contributed by atoms with Crippen LogP contribution in [0.4, 0.5) is 0 Å². The normalized spacial score (nSPS) is 12.8. The molecule has 0 spiro atoms. The van der Waals surface area contributed by atoms with Crippen LogP contribution in [0.1, 0.15) is 32.8 Å². The second-order valence-electron chi connectivity index (χ2n) is 4.75. The van der Waals surface area contributed by atoms with Gasteiger partial charge >= 0.3 is 21.7 Å². The number of rotatable bonds is 4. The standard InChI is InChI=1S/C16H19S.2ClH.Ti/c1-4-17-15-12-8-7-11-14(15)16(2,3)13-9-5-6-10-13;;;/h5,7-9,11-12H,4,6H2,1-3H3;2*1H;/q-1;;;+3/p-2. The molecule has 0 heterocycles. The summed E-state index contributed by atoms with van der Waals surface area (Å²) in [5, 5.41) is 0. The molecule has 1 aliphatic carbocycles. The van der Waals surface area contributed by atoms with Gasteiger partial charge in [-0.1, -0.05) is 39.0 Å². The zero-order valence-electron chi connectivity index (χ0n) is 12.0. The first-order valence-electron chi connectivity index (χ1n) is 6.16. The Hall–Kier alpha value is 0.344. The van der Waals surface area contributed by atoms with E-state index < -0.39 is 0 Å². The van der Waals surface area contributed by atoms with Gasteiger partial charge in [0.1, 0.15) is 0 Å². The van der Waals surface area contributed by atoms with E-state index in [0.29, 0.717) is 0 Å². The summed E-state index contributed by atoms with van der Waals surface area (Å²) < 4.78 is 0. The third-order valence-corrected chi connectivity index (χ3v) is 4.18. The van der Waals surface area contributed by atoms with Gasteiger partial charge in [-0.15, -0.1) is 18.2 Å². The summed E-state index contributed by atoms with van der Waals surface area (Å²) in [4.78, 5) is 1.40. The summed E-state index contributed by atoms with van der Waals surface area (Å²) in [5.41, 5.74) is 2.80. The molecule has 0 nitrogen and oxygen atoms in total. The number of allylic oxidation sites excluding steroid dienone is 4. The van der Waals surface area contributed by atoms with Crippen molar-refractivity contribution in [3.8, 4) is 0 Å². The van der Waals surface area contributed by atoms with Gasteiger partial charge in [-0.25, -0.2) is 11.6 Å². The fourth-order valence-electron chi connectivity index (χ4n) is 2.24. The summed E-state index contributed by atoms with van der Waals surface area (Å²) >= 11 is 1.92. The minimum Gasteiger partial charge on any atom is -1.00 e. The van der Waals surface area contributed by atoms with Crippen molar-refractivity contribution in [2.24, 2.45) is 0 Å². The Balaban J connectivity index is 0. The van der Waals surface area contributed by atoms with Gasteiger partial charge in [0.05, 0.1) is 0 Å². The second kappa shape index (κ2) is 10.1. The predicted molar refractivity (Wildman–Crippen MR) is 76.4 cm³/mol. The average Bonchev–Trinajstić information content (AvgIpc) is 2.84. The van der Waals surface area contributed by atoms with E-state index in [2.05, 4.69) is 63.3 Å². The maximum Gasteiger partial charge on any atom is 3.00 e. The van der Waals surface area contributed by atoms with Crippen LogP contribution in [0.5, 0.6) is 0 Å². The molecule has 0 atom stereocenters. The molecule has 0 unspecified atom stereocenters. The van der Waals surface area contributed by atoms with E-state index in [9.17, 15) is 0 Å². The van der Waals surface area contributed by atoms with Crippen molar-refractivity contribution < 1.29 is 46.5 Å². The van der Waals surface area contributed by atoms with E-state index in [1.54, 1.807) is 0 Å². The summed E-state index contributed by atoms with van der Waals surface area (Å²) in [7, 11) is 0. The van der Waals surface area contributed by atoms with E-state index in [-0.39, 0.29) is 51.9 Å². The maximum atomic E-state index is 3.46. The Bertz CT molecular complexity index is 467. The van der Waals surface area contributed by atoms with Crippen LogP contribution in [-0.2, 0) is 27.1 Å². The van der Waals surface area contributed by atoms with Crippen LogP contribution in [0.25, 0.3) is 0 Å². The summed E-state index contributed by atoms with van der Waals surface area (Å²) in [6.07, 6.45) is 8.82. The largest absolute Gasteiger partial charge is 3.00 e.